The van der Waals surface area contributed by atoms with Crippen molar-refractivity contribution in [3.05, 3.63) is 29.8 Å². The summed E-state index contributed by atoms with van der Waals surface area (Å²) in [5.41, 5.74) is 0.183. The molecular weight excluding hydrogens is 413 g/mol. The van der Waals surface area contributed by atoms with Crippen molar-refractivity contribution in [1.82, 2.24) is 5.06 Å². The predicted molar refractivity (Wildman–Crippen MR) is 127 cm³/mol. The smallest absolute Gasteiger partial charge is 0.350 e. The van der Waals surface area contributed by atoms with Gasteiger partial charge in [-0.1, -0.05) is 39.8 Å². The number of rotatable bonds is 13. The van der Waals surface area contributed by atoms with Gasteiger partial charge in [-0.25, -0.2) is 0 Å². The average molecular weight is 458 g/mol. The van der Waals surface area contributed by atoms with Crippen LogP contribution < -0.4 is 4.74 Å². The van der Waals surface area contributed by atoms with Gasteiger partial charge in [-0.3, -0.25) is 9.40 Å². The molecule has 0 aliphatic carbocycles. The fraction of sp³-hybridized carbons (Fsp3) is 0.750. The predicted octanol–water partition coefficient (Wildman–Crippen LogP) is 7.21. The van der Waals surface area contributed by atoms with E-state index < -0.39 is 24.3 Å². The second-order valence-corrected chi connectivity index (χ2v) is 11.4. The summed E-state index contributed by atoms with van der Waals surface area (Å²) in [4.78, 5) is 6.58. The summed E-state index contributed by atoms with van der Waals surface area (Å²) >= 11 is 0. The van der Waals surface area contributed by atoms with E-state index in [2.05, 4.69) is 20.8 Å². The molecule has 0 N–H and O–H groups in total. The van der Waals surface area contributed by atoms with Crippen molar-refractivity contribution in [2.75, 3.05) is 19.8 Å². The SMILES string of the molecule is CCOc1ccc(C(C)ON(C(C(C)(C)C)P(=O)(OCC)OCC)C(C)(C)CC)cc1. The Morgan fingerprint density at radius 3 is 1.81 bits per heavy atom. The maximum Gasteiger partial charge on any atom is 0.350 e. The van der Waals surface area contributed by atoms with Crippen molar-refractivity contribution in [3.63, 3.8) is 0 Å². The number of hydroxylamine groups is 2. The second kappa shape index (κ2) is 11.8. The van der Waals surface area contributed by atoms with Crippen molar-refractivity contribution in [2.45, 2.75) is 93.1 Å². The van der Waals surface area contributed by atoms with E-state index in [-0.39, 0.29) is 6.10 Å². The van der Waals surface area contributed by atoms with Crippen LogP contribution in [0.25, 0.3) is 0 Å². The van der Waals surface area contributed by atoms with E-state index in [0.717, 1.165) is 17.7 Å². The summed E-state index contributed by atoms with van der Waals surface area (Å²) in [6, 6.07) is 7.90. The zero-order valence-corrected chi connectivity index (χ0v) is 22.1. The molecule has 0 aromatic heterocycles. The Morgan fingerprint density at radius 2 is 1.42 bits per heavy atom. The summed E-state index contributed by atoms with van der Waals surface area (Å²) in [5.74, 6) is 0.244. The normalized spacial score (nSPS) is 15.2. The molecule has 0 bridgehead atoms. The Kier molecular flexibility index (Phi) is 10.7. The highest BCUT2D eigenvalue weighted by Gasteiger charge is 2.52. The van der Waals surface area contributed by atoms with Crippen molar-refractivity contribution in [3.8, 4) is 5.75 Å². The Balaban J connectivity index is 3.41. The first-order chi connectivity index (χ1) is 14.4. The van der Waals surface area contributed by atoms with Crippen LogP contribution in [-0.2, 0) is 18.5 Å². The second-order valence-electron chi connectivity index (χ2n) is 9.36. The summed E-state index contributed by atoms with van der Waals surface area (Å²) in [7, 11) is -3.50. The molecule has 180 valence electrons. The fourth-order valence-corrected chi connectivity index (χ4v) is 6.06. The van der Waals surface area contributed by atoms with Crippen LogP contribution in [0.5, 0.6) is 5.75 Å². The lowest BCUT2D eigenvalue weighted by Crippen LogP contribution is -2.54. The maximum atomic E-state index is 14.0. The molecular formula is C24H44NO5P. The van der Waals surface area contributed by atoms with Crippen molar-refractivity contribution in [1.29, 1.82) is 0 Å². The summed E-state index contributed by atoms with van der Waals surface area (Å²) < 4.78 is 31.2. The monoisotopic (exact) mass is 457 g/mol. The Labute approximate surface area is 190 Å². The molecule has 0 aliphatic rings. The summed E-state index contributed by atoms with van der Waals surface area (Å²) in [6.45, 7) is 21.3. The van der Waals surface area contributed by atoms with Gasteiger partial charge in [-0.05, 0) is 71.1 Å². The lowest BCUT2D eigenvalue weighted by atomic mass is 9.92. The molecule has 2 unspecified atom stereocenters. The molecule has 0 spiro atoms. The summed E-state index contributed by atoms with van der Waals surface area (Å²) in [5, 5.41) is 1.88. The molecule has 6 nitrogen and oxygen atoms in total. The van der Waals surface area contributed by atoms with Crippen LogP contribution in [-0.4, -0.2) is 36.2 Å². The third-order valence-electron chi connectivity index (χ3n) is 5.31. The largest absolute Gasteiger partial charge is 0.494 e. The van der Waals surface area contributed by atoms with E-state index >= 15 is 0 Å². The van der Waals surface area contributed by atoms with Crippen LogP contribution in [0.4, 0.5) is 0 Å². The van der Waals surface area contributed by atoms with Gasteiger partial charge >= 0.3 is 7.60 Å². The zero-order valence-electron chi connectivity index (χ0n) is 21.2. The molecule has 7 heteroatoms. The number of hydrogen-bond acceptors (Lipinski definition) is 6. The molecule has 0 saturated heterocycles. The molecule has 0 heterocycles. The first-order valence-corrected chi connectivity index (χ1v) is 13.0. The molecule has 0 aliphatic heterocycles. The molecule has 1 aromatic rings. The molecule has 1 rings (SSSR count). The number of hydrogen-bond donors (Lipinski definition) is 0. The standard InChI is InChI=1S/C24H44NO5P/c1-11-24(9,10)25(22(23(6,7)8)31(26,28-13-3)29-14-4)30-19(5)20-15-17-21(18-16-20)27-12-2/h15-19,22H,11-14H2,1-10H3. The number of nitrogens with zero attached hydrogens (tertiary/aromatic N) is 1. The van der Waals surface area contributed by atoms with E-state index in [4.69, 9.17) is 18.6 Å². The number of benzene rings is 1. The van der Waals surface area contributed by atoms with Crippen LogP contribution in [0, 0.1) is 5.41 Å². The van der Waals surface area contributed by atoms with Crippen LogP contribution in [0.15, 0.2) is 24.3 Å². The molecule has 0 amide bonds. The van der Waals surface area contributed by atoms with Gasteiger partial charge in [0.1, 0.15) is 17.6 Å². The van der Waals surface area contributed by atoms with E-state index in [1.54, 1.807) is 0 Å². The molecule has 0 saturated carbocycles. The topological polar surface area (TPSA) is 57.2 Å². The first kappa shape index (κ1) is 28.1. The minimum absolute atomic E-state index is 0.261. The molecule has 0 fully saturated rings. The Morgan fingerprint density at radius 1 is 0.903 bits per heavy atom. The minimum Gasteiger partial charge on any atom is -0.494 e. The van der Waals surface area contributed by atoms with Crippen molar-refractivity contribution >= 4 is 7.60 Å². The van der Waals surface area contributed by atoms with Crippen LogP contribution in [0.2, 0.25) is 0 Å². The van der Waals surface area contributed by atoms with Crippen molar-refractivity contribution < 1.29 is 23.2 Å². The number of ether oxygens (including phenoxy) is 1. The minimum atomic E-state index is -3.50. The average Bonchev–Trinajstić information content (AvgIpc) is 2.67. The molecule has 31 heavy (non-hydrogen) atoms. The molecule has 0 radical (unpaired) electrons. The van der Waals surface area contributed by atoms with Gasteiger partial charge in [-0.15, -0.1) is 0 Å². The highest BCUT2D eigenvalue weighted by Crippen LogP contribution is 2.61. The van der Waals surface area contributed by atoms with Gasteiger partial charge in [0.05, 0.1) is 19.8 Å². The van der Waals surface area contributed by atoms with Gasteiger partial charge in [0.2, 0.25) is 0 Å². The lowest BCUT2D eigenvalue weighted by molar-refractivity contribution is -0.269. The van der Waals surface area contributed by atoms with E-state index in [9.17, 15) is 4.57 Å². The first-order valence-electron chi connectivity index (χ1n) is 11.4. The van der Waals surface area contributed by atoms with E-state index in [1.165, 1.54) is 0 Å². The molecule has 2 atom stereocenters. The van der Waals surface area contributed by atoms with E-state index in [0.29, 0.717) is 19.8 Å². The van der Waals surface area contributed by atoms with Gasteiger partial charge < -0.3 is 13.8 Å². The van der Waals surface area contributed by atoms with Crippen LogP contribution in [0.1, 0.15) is 87.3 Å². The third kappa shape index (κ3) is 7.57. The Bertz CT molecular complexity index is 689. The highest BCUT2D eigenvalue weighted by molar-refractivity contribution is 7.54. The van der Waals surface area contributed by atoms with Gasteiger partial charge in [0.15, 0.2) is 0 Å². The van der Waals surface area contributed by atoms with E-state index in [1.807, 2.05) is 77.8 Å². The maximum absolute atomic E-state index is 14.0. The highest BCUT2D eigenvalue weighted by atomic mass is 31.2. The zero-order chi connectivity index (χ0) is 23.9. The quantitative estimate of drug-likeness (QED) is 0.230. The van der Waals surface area contributed by atoms with Gasteiger partial charge in [0, 0.05) is 5.54 Å². The van der Waals surface area contributed by atoms with Gasteiger partial charge in [-0.2, -0.15) is 5.06 Å². The Hall–Kier alpha value is -0.910. The van der Waals surface area contributed by atoms with Crippen LogP contribution >= 0.6 is 7.60 Å². The fourth-order valence-electron chi connectivity index (χ4n) is 3.41. The molecule has 1 aromatic carbocycles. The third-order valence-corrected chi connectivity index (χ3v) is 8.13. The van der Waals surface area contributed by atoms with Crippen LogP contribution in [0.3, 0.4) is 0 Å². The van der Waals surface area contributed by atoms with Gasteiger partial charge in [0.25, 0.3) is 0 Å². The van der Waals surface area contributed by atoms with Crippen molar-refractivity contribution in [2.24, 2.45) is 5.41 Å². The lowest BCUT2D eigenvalue weighted by Gasteiger charge is -2.49. The summed E-state index contributed by atoms with van der Waals surface area (Å²) in [6.07, 6.45) is 0.538.